The van der Waals surface area contributed by atoms with Crippen LogP contribution in [0.4, 0.5) is 0 Å². The molecule has 2 rings (SSSR count). The van der Waals surface area contributed by atoms with Crippen molar-refractivity contribution in [2.75, 3.05) is 12.9 Å². The van der Waals surface area contributed by atoms with E-state index in [1.807, 2.05) is 0 Å². The maximum absolute atomic E-state index is 6.25. The van der Waals surface area contributed by atoms with Crippen LogP contribution in [0.15, 0.2) is 4.90 Å². The summed E-state index contributed by atoms with van der Waals surface area (Å²) in [5.41, 5.74) is 0. The lowest BCUT2D eigenvalue weighted by Crippen LogP contribution is -2.33. The van der Waals surface area contributed by atoms with Gasteiger partial charge in [0.15, 0.2) is 0 Å². The molecule has 118 valence electrons. The monoisotopic (exact) mass is 405 g/mol. The Morgan fingerprint density at radius 2 is 1.33 bits per heavy atom. The third-order valence-corrected chi connectivity index (χ3v) is 7.51. The summed E-state index contributed by atoms with van der Waals surface area (Å²) in [6.45, 7) is 0. The molecule has 0 bridgehead atoms. The zero-order valence-electron chi connectivity index (χ0n) is 11.6. The van der Waals surface area contributed by atoms with Crippen molar-refractivity contribution in [2.45, 2.75) is 43.0 Å². The van der Waals surface area contributed by atoms with E-state index >= 15 is 0 Å². The van der Waals surface area contributed by atoms with E-state index in [0.29, 0.717) is 21.0 Å². The van der Waals surface area contributed by atoms with Gasteiger partial charge in [0, 0.05) is 16.8 Å². The fourth-order valence-electron chi connectivity index (χ4n) is 2.51. The maximum atomic E-state index is 6.25. The van der Waals surface area contributed by atoms with Crippen LogP contribution in [0.1, 0.15) is 32.1 Å². The Morgan fingerprint density at radius 3 is 1.86 bits per heavy atom. The Labute approximate surface area is 155 Å². The lowest BCUT2D eigenvalue weighted by atomic mass is 9.95. The van der Waals surface area contributed by atoms with E-state index in [1.54, 1.807) is 11.8 Å². The summed E-state index contributed by atoms with van der Waals surface area (Å²) < 4.78 is 0. The van der Waals surface area contributed by atoms with Crippen LogP contribution in [0.2, 0.25) is 25.1 Å². The maximum Gasteiger partial charge on any atom is 0.0809 e. The average molecular weight is 408 g/mol. The van der Waals surface area contributed by atoms with Gasteiger partial charge in [-0.1, -0.05) is 77.3 Å². The molecule has 1 fully saturated rings. The van der Waals surface area contributed by atoms with E-state index in [-0.39, 0.29) is 15.1 Å². The van der Waals surface area contributed by atoms with Crippen LogP contribution in [-0.2, 0) is 0 Å². The van der Waals surface area contributed by atoms with Gasteiger partial charge in [0.25, 0.3) is 0 Å². The summed E-state index contributed by atoms with van der Waals surface area (Å²) in [6.07, 6.45) is 6.46. The van der Waals surface area contributed by atoms with Crippen molar-refractivity contribution in [2.24, 2.45) is 0 Å². The summed E-state index contributed by atoms with van der Waals surface area (Å²) in [7, 11) is 2.13. The second kappa shape index (κ2) is 8.19. The smallest absolute Gasteiger partial charge is 0.0809 e. The molecule has 1 aromatic rings. The van der Waals surface area contributed by atoms with Gasteiger partial charge in [0.1, 0.15) is 0 Å². The molecular formula is C14H16Cl5NS. The molecule has 0 unspecified atom stereocenters. The van der Waals surface area contributed by atoms with E-state index in [9.17, 15) is 0 Å². The van der Waals surface area contributed by atoms with E-state index in [0.717, 1.165) is 5.88 Å². The van der Waals surface area contributed by atoms with E-state index < -0.39 is 0 Å². The number of benzene rings is 1. The SMILES string of the molecule is CN(CSc1c(Cl)c(Cl)c(Cl)c(Cl)c1Cl)C1CCCCC1. The molecule has 0 heterocycles. The fraction of sp³-hybridized carbons (Fsp3) is 0.571. The van der Waals surface area contributed by atoms with E-state index in [4.69, 9.17) is 58.0 Å². The Kier molecular flexibility index (Phi) is 7.14. The molecule has 0 spiro atoms. The molecule has 1 nitrogen and oxygen atoms in total. The molecule has 1 saturated carbocycles. The van der Waals surface area contributed by atoms with Gasteiger partial charge in [-0.3, -0.25) is 4.90 Å². The first-order valence-corrected chi connectivity index (χ1v) is 9.65. The molecule has 0 amide bonds. The average Bonchev–Trinajstić information content (AvgIpc) is 2.51. The van der Waals surface area contributed by atoms with Crippen LogP contribution in [0.25, 0.3) is 0 Å². The van der Waals surface area contributed by atoms with Gasteiger partial charge >= 0.3 is 0 Å². The molecule has 1 aromatic carbocycles. The minimum absolute atomic E-state index is 0.207. The molecule has 0 atom stereocenters. The molecule has 1 aliphatic carbocycles. The predicted octanol–water partition coefficient (Wildman–Crippen LogP) is 7.27. The van der Waals surface area contributed by atoms with Gasteiger partial charge in [0.2, 0.25) is 0 Å². The first kappa shape index (κ1) is 18.3. The number of nitrogens with zero attached hydrogens (tertiary/aromatic N) is 1. The summed E-state index contributed by atoms with van der Waals surface area (Å²) in [5.74, 6) is 0.790. The zero-order chi connectivity index (χ0) is 15.6. The lowest BCUT2D eigenvalue weighted by molar-refractivity contribution is 0.221. The second-order valence-corrected chi connectivity index (χ2v) is 8.07. The van der Waals surface area contributed by atoms with Crippen molar-refractivity contribution in [3.8, 4) is 0 Å². The van der Waals surface area contributed by atoms with Crippen molar-refractivity contribution in [1.82, 2.24) is 4.90 Å². The highest BCUT2D eigenvalue weighted by Gasteiger charge is 2.22. The highest BCUT2D eigenvalue weighted by molar-refractivity contribution is 7.99. The van der Waals surface area contributed by atoms with Crippen LogP contribution < -0.4 is 0 Å². The van der Waals surface area contributed by atoms with Gasteiger partial charge < -0.3 is 0 Å². The van der Waals surface area contributed by atoms with Gasteiger partial charge in [-0.2, -0.15) is 0 Å². The third kappa shape index (κ3) is 4.29. The summed E-state index contributed by atoms with van der Waals surface area (Å²) in [4.78, 5) is 3.03. The van der Waals surface area contributed by atoms with Crippen molar-refractivity contribution >= 4 is 69.8 Å². The number of hydrogen-bond donors (Lipinski definition) is 0. The molecular weight excluding hydrogens is 391 g/mol. The summed E-state index contributed by atoms with van der Waals surface area (Å²) in [5, 5.41) is 1.47. The Bertz CT molecular complexity index is 488. The second-order valence-electron chi connectivity index (χ2n) is 5.22. The van der Waals surface area contributed by atoms with Crippen molar-refractivity contribution < 1.29 is 0 Å². The number of hydrogen-bond acceptors (Lipinski definition) is 2. The highest BCUT2D eigenvalue weighted by Crippen LogP contribution is 2.48. The van der Waals surface area contributed by atoms with Gasteiger partial charge in [0.05, 0.1) is 25.1 Å². The molecule has 0 saturated heterocycles. The van der Waals surface area contributed by atoms with Crippen molar-refractivity contribution in [3.05, 3.63) is 25.1 Å². The van der Waals surface area contributed by atoms with E-state index in [2.05, 4.69) is 11.9 Å². The predicted molar refractivity (Wildman–Crippen MR) is 96.9 cm³/mol. The Balaban J connectivity index is 2.09. The van der Waals surface area contributed by atoms with Crippen molar-refractivity contribution in [3.63, 3.8) is 0 Å². The van der Waals surface area contributed by atoms with Crippen LogP contribution in [-0.4, -0.2) is 23.9 Å². The summed E-state index contributed by atoms with van der Waals surface area (Å²) >= 11 is 32.2. The van der Waals surface area contributed by atoms with Crippen LogP contribution in [0, 0.1) is 0 Å². The highest BCUT2D eigenvalue weighted by atomic mass is 35.5. The van der Waals surface area contributed by atoms with Crippen LogP contribution >= 0.6 is 69.8 Å². The standard InChI is InChI=1S/C14H16Cl5NS/c1-20(8-5-3-2-4-6-8)7-21-14-12(18)10(16)9(15)11(17)13(14)19/h8H,2-7H2,1H3. The molecule has 0 aromatic heterocycles. The molecule has 0 N–H and O–H groups in total. The summed E-state index contributed by atoms with van der Waals surface area (Å²) in [6, 6.07) is 0.627. The largest absolute Gasteiger partial charge is 0.294 e. The topological polar surface area (TPSA) is 3.24 Å². The number of rotatable bonds is 4. The van der Waals surface area contributed by atoms with E-state index in [1.165, 1.54) is 32.1 Å². The molecule has 1 aliphatic rings. The normalized spacial score (nSPS) is 16.7. The molecule has 21 heavy (non-hydrogen) atoms. The van der Waals surface area contributed by atoms with Gasteiger partial charge in [-0.25, -0.2) is 0 Å². The lowest BCUT2D eigenvalue weighted by Gasteiger charge is -2.31. The minimum atomic E-state index is 0.207. The third-order valence-electron chi connectivity index (χ3n) is 3.78. The van der Waals surface area contributed by atoms with Crippen LogP contribution in [0.3, 0.4) is 0 Å². The van der Waals surface area contributed by atoms with Gasteiger partial charge in [-0.05, 0) is 19.9 Å². The van der Waals surface area contributed by atoms with Crippen LogP contribution in [0.5, 0.6) is 0 Å². The quantitative estimate of drug-likeness (QED) is 0.223. The molecule has 0 radical (unpaired) electrons. The Hall–Kier alpha value is 0.980. The van der Waals surface area contributed by atoms with Gasteiger partial charge in [-0.15, -0.1) is 11.8 Å². The minimum Gasteiger partial charge on any atom is -0.294 e. The van der Waals surface area contributed by atoms with Crippen molar-refractivity contribution in [1.29, 1.82) is 0 Å². The number of thioether (sulfide) groups is 1. The first-order chi connectivity index (χ1) is 9.93. The Morgan fingerprint density at radius 1 is 0.857 bits per heavy atom. The molecule has 0 aliphatic heterocycles. The zero-order valence-corrected chi connectivity index (χ0v) is 16.2. The fourth-order valence-corrected chi connectivity index (χ4v) is 5.08. The first-order valence-electron chi connectivity index (χ1n) is 6.78. The molecule has 7 heteroatoms. The number of halogens is 5.